The highest BCUT2D eigenvalue weighted by atomic mass is 35.5. The Morgan fingerprint density at radius 1 is 1.40 bits per heavy atom. The highest BCUT2D eigenvalue weighted by Crippen LogP contribution is 2.17. The Morgan fingerprint density at radius 3 is 2.90 bits per heavy atom. The zero-order chi connectivity index (χ0) is 13.7. The van der Waals surface area contributed by atoms with E-state index in [1.165, 1.54) is 0 Å². The molecule has 5 nitrogen and oxygen atoms in total. The van der Waals surface area contributed by atoms with Gasteiger partial charge in [0.05, 0.1) is 6.42 Å². The van der Waals surface area contributed by atoms with E-state index >= 15 is 0 Å². The number of carbonyl (C=O) groups is 1. The first kappa shape index (κ1) is 16.5. The lowest BCUT2D eigenvalue weighted by Gasteiger charge is -2.12. The van der Waals surface area contributed by atoms with Crippen LogP contribution in [0.2, 0.25) is 0 Å². The molecule has 0 saturated heterocycles. The molecule has 2 aromatic rings. The number of hydrogen-bond donors (Lipinski definition) is 2. The molecule has 1 amide bonds. The summed E-state index contributed by atoms with van der Waals surface area (Å²) in [7, 11) is 0. The molecule has 0 bridgehead atoms. The smallest absolute Gasteiger partial charge is 0.226 e. The summed E-state index contributed by atoms with van der Waals surface area (Å²) in [5.74, 6) is -0.0381. The van der Waals surface area contributed by atoms with E-state index < -0.39 is 0 Å². The van der Waals surface area contributed by atoms with Gasteiger partial charge in [0.1, 0.15) is 5.69 Å². The molecule has 1 heterocycles. The van der Waals surface area contributed by atoms with E-state index in [9.17, 15) is 4.79 Å². The van der Waals surface area contributed by atoms with Gasteiger partial charge >= 0.3 is 0 Å². The summed E-state index contributed by atoms with van der Waals surface area (Å²) in [5.41, 5.74) is 1.40. The number of nitrogens with zero attached hydrogens (tertiary/aromatic N) is 1. The van der Waals surface area contributed by atoms with Crippen LogP contribution in [0.15, 0.2) is 28.8 Å². The van der Waals surface area contributed by atoms with Gasteiger partial charge in [-0.3, -0.25) is 4.79 Å². The van der Waals surface area contributed by atoms with Crippen molar-refractivity contribution in [2.45, 2.75) is 26.3 Å². The number of amides is 1. The first-order chi connectivity index (χ1) is 9.20. The molecule has 2 rings (SSSR count). The number of para-hydroxylation sites is 1. The largest absolute Gasteiger partial charge is 0.356 e. The van der Waals surface area contributed by atoms with Gasteiger partial charge in [-0.15, -0.1) is 12.4 Å². The Balaban J connectivity index is 0.00000200. The van der Waals surface area contributed by atoms with Crippen molar-refractivity contribution in [3.05, 3.63) is 30.0 Å². The summed E-state index contributed by atoms with van der Waals surface area (Å²) in [4.78, 5) is 11.8. The molecule has 20 heavy (non-hydrogen) atoms. The van der Waals surface area contributed by atoms with Gasteiger partial charge in [-0.05, 0) is 25.6 Å². The van der Waals surface area contributed by atoms with Crippen LogP contribution in [-0.4, -0.2) is 30.2 Å². The predicted octanol–water partition coefficient (Wildman–Crippen LogP) is 1.91. The van der Waals surface area contributed by atoms with E-state index in [1.54, 1.807) is 0 Å². The fourth-order valence-electron chi connectivity index (χ4n) is 1.97. The second-order valence-electron chi connectivity index (χ2n) is 4.57. The summed E-state index contributed by atoms with van der Waals surface area (Å²) < 4.78 is 5.17. The normalized spacial score (nSPS) is 11.9. The maximum absolute atomic E-state index is 11.8. The van der Waals surface area contributed by atoms with Gasteiger partial charge in [0, 0.05) is 18.0 Å². The lowest BCUT2D eigenvalue weighted by molar-refractivity contribution is -0.120. The maximum atomic E-state index is 11.8. The zero-order valence-electron chi connectivity index (χ0n) is 11.7. The van der Waals surface area contributed by atoms with Crippen molar-refractivity contribution in [3.8, 4) is 0 Å². The molecule has 1 aromatic carbocycles. The maximum Gasteiger partial charge on any atom is 0.226 e. The summed E-state index contributed by atoms with van der Waals surface area (Å²) in [6.07, 6.45) is 0.246. The van der Waals surface area contributed by atoms with Crippen molar-refractivity contribution < 1.29 is 9.32 Å². The molecular weight excluding hydrogens is 278 g/mol. The second-order valence-corrected chi connectivity index (χ2v) is 4.57. The molecule has 110 valence electrons. The minimum absolute atomic E-state index is 0. The minimum atomic E-state index is -0.0381. The van der Waals surface area contributed by atoms with E-state index in [1.807, 2.05) is 38.1 Å². The summed E-state index contributed by atoms with van der Waals surface area (Å²) in [6, 6.07) is 7.82. The van der Waals surface area contributed by atoms with Crippen molar-refractivity contribution in [2.24, 2.45) is 0 Å². The van der Waals surface area contributed by atoms with Gasteiger partial charge in [0.15, 0.2) is 5.58 Å². The lowest BCUT2D eigenvalue weighted by atomic mass is 10.1. The van der Waals surface area contributed by atoms with Gasteiger partial charge in [-0.1, -0.05) is 24.2 Å². The summed E-state index contributed by atoms with van der Waals surface area (Å²) in [5, 5.41) is 11.0. The number of hydrogen-bond acceptors (Lipinski definition) is 4. The van der Waals surface area contributed by atoms with Crippen LogP contribution in [0.25, 0.3) is 11.0 Å². The number of carbonyl (C=O) groups excluding carboxylic acids is 1. The Bertz CT molecular complexity index is 556. The van der Waals surface area contributed by atoms with Crippen LogP contribution in [0, 0.1) is 0 Å². The number of benzene rings is 1. The van der Waals surface area contributed by atoms with E-state index in [0.717, 1.165) is 11.9 Å². The number of likely N-dealkylation sites (N-methyl/N-ethyl adjacent to an activating group) is 1. The predicted molar refractivity (Wildman–Crippen MR) is 81.1 cm³/mol. The molecule has 6 heteroatoms. The van der Waals surface area contributed by atoms with E-state index in [-0.39, 0.29) is 30.8 Å². The van der Waals surface area contributed by atoms with Crippen molar-refractivity contribution in [3.63, 3.8) is 0 Å². The molecule has 1 atom stereocenters. The van der Waals surface area contributed by atoms with Crippen LogP contribution in [-0.2, 0) is 11.2 Å². The summed E-state index contributed by atoms with van der Waals surface area (Å²) in [6.45, 7) is 5.59. The van der Waals surface area contributed by atoms with Crippen LogP contribution in [0.3, 0.4) is 0 Å². The number of fused-ring (bicyclic) bond motifs is 1. The molecule has 1 aromatic heterocycles. The van der Waals surface area contributed by atoms with Crippen molar-refractivity contribution >= 4 is 29.3 Å². The number of nitrogens with one attached hydrogen (secondary N) is 2. The van der Waals surface area contributed by atoms with Crippen LogP contribution in [0.1, 0.15) is 19.5 Å². The van der Waals surface area contributed by atoms with Crippen LogP contribution < -0.4 is 10.6 Å². The number of aromatic nitrogens is 1. The molecule has 2 N–H and O–H groups in total. The third kappa shape index (κ3) is 4.21. The minimum Gasteiger partial charge on any atom is -0.356 e. The molecular formula is C14H20ClN3O2. The first-order valence-electron chi connectivity index (χ1n) is 6.54. The molecule has 0 unspecified atom stereocenters. The van der Waals surface area contributed by atoms with Crippen LogP contribution in [0.5, 0.6) is 0 Å². The molecule has 0 spiro atoms. The Kier molecular flexibility index (Phi) is 6.48. The van der Waals surface area contributed by atoms with E-state index in [0.29, 0.717) is 17.8 Å². The Hall–Kier alpha value is -1.59. The molecule has 0 aliphatic heterocycles. The first-order valence-corrected chi connectivity index (χ1v) is 6.54. The molecule has 0 radical (unpaired) electrons. The molecule has 0 saturated carbocycles. The zero-order valence-corrected chi connectivity index (χ0v) is 12.5. The van der Waals surface area contributed by atoms with Crippen LogP contribution in [0.4, 0.5) is 0 Å². The fourth-order valence-corrected chi connectivity index (χ4v) is 1.97. The standard InChI is InChI=1S/C14H19N3O2.ClH/c1-3-15-10(2)9-16-14(18)8-12-11-6-4-5-7-13(11)19-17-12;/h4-7,10,15H,3,8-9H2,1-2H3,(H,16,18);1H/t10-;/m1./s1. The summed E-state index contributed by atoms with van der Waals surface area (Å²) >= 11 is 0. The average molecular weight is 298 g/mol. The van der Waals surface area contributed by atoms with Gasteiger partial charge in [-0.2, -0.15) is 0 Å². The lowest BCUT2D eigenvalue weighted by Crippen LogP contribution is -2.39. The number of halogens is 1. The van der Waals surface area contributed by atoms with Crippen molar-refractivity contribution in [2.75, 3.05) is 13.1 Å². The van der Waals surface area contributed by atoms with E-state index in [4.69, 9.17) is 4.52 Å². The van der Waals surface area contributed by atoms with Gasteiger partial charge in [0.2, 0.25) is 5.91 Å². The molecule has 0 aliphatic rings. The second kappa shape index (κ2) is 7.87. The van der Waals surface area contributed by atoms with Gasteiger partial charge in [0.25, 0.3) is 0 Å². The quantitative estimate of drug-likeness (QED) is 0.855. The SMILES string of the molecule is CCN[C@H](C)CNC(=O)Cc1noc2ccccc12.Cl. The Labute approximate surface area is 124 Å². The topological polar surface area (TPSA) is 67.2 Å². The van der Waals surface area contributed by atoms with Gasteiger partial charge in [-0.25, -0.2) is 0 Å². The van der Waals surface area contributed by atoms with Crippen molar-refractivity contribution in [1.29, 1.82) is 0 Å². The monoisotopic (exact) mass is 297 g/mol. The highest BCUT2D eigenvalue weighted by molar-refractivity contribution is 5.86. The average Bonchev–Trinajstić information content (AvgIpc) is 2.80. The molecule has 0 aliphatic carbocycles. The van der Waals surface area contributed by atoms with Crippen LogP contribution >= 0.6 is 12.4 Å². The van der Waals surface area contributed by atoms with Gasteiger partial charge < -0.3 is 15.2 Å². The van der Waals surface area contributed by atoms with E-state index in [2.05, 4.69) is 15.8 Å². The van der Waals surface area contributed by atoms with Crippen molar-refractivity contribution in [1.82, 2.24) is 15.8 Å². The fraction of sp³-hybridized carbons (Fsp3) is 0.429. The highest BCUT2D eigenvalue weighted by Gasteiger charge is 2.12. The number of rotatable bonds is 6. The molecule has 0 fully saturated rings. The third-order valence-corrected chi connectivity index (χ3v) is 2.94. The Morgan fingerprint density at radius 2 is 2.15 bits per heavy atom. The third-order valence-electron chi connectivity index (χ3n) is 2.94.